The van der Waals surface area contributed by atoms with Gasteiger partial charge < -0.3 is 10.1 Å². The van der Waals surface area contributed by atoms with Crippen molar-refractivity contribution < 1.29 is 4.74 Å². The van der Waals surface area contributed by atoms with Gasteiger partial charge in [-0.1, -0.05) is 31.2 Å². The minimum Gasteiger partial charge on any atom is -0.476 e. The number of hydrogen-bond donors (Lipinski definition) is 1. The Morgan fingerprint density at radius 3 is 2.67 bits per heavy atom. The van der Waals surface area contributed by atoms with Crippen LogP contribution in [-0.2, 0) is 6.54 Å². The summed E-state index contributed by atoms with van der Waals surface area (Å²) in [5.41, 5.74) is 2.82. The molecule has 0 amide bonds. The monoisotopic (exact) mass is 395 g/mol. The topological polar surface area (TPSA) is 83.7 Å². The first-order chi connectivity index (χ1) is 14.8. The van der Waals surface area contributed by atoms with Crippen molar-refractivity contribution in [2.75, 3.05) is 5.32 Å². The van der Waals surface area contributed by atoms with E-state index in [1.807, 2.05) is 67.6 Å². The van der Waals surface area contributed by atoms with Crippen molar-refractivity contribution >= 4 is 16.7 Å². The number of rotatable bonds is 7. The molecule has 6 heteroatoms. The summed E-state index contributed by atoms with van der Waals surface area (Å²) >= 11 is 0. The summed E-state index contributed by atoms with van der Waals surface area (Å²) in [5.74, 6) is 2.10. The third-order valence-corrected chi connectivity index (χ3v) is 4.69. The van der Waals surface area contributed by atoms with Gasteiger partial charge >= 0.3 is 0 Å². The van der Waals surface area contributed by atoms with Gasteiger partial charge in [0.1, 0.15) is 17.6 Å². The van der Waals surface area contributed by atoms with Gasteiger partial charge in [-0.15, -0.1) is 0 Å². The average molecular weight is 395 g/mol. The van der Waals surface area contributed by atoms with E-state index in [1.54, 1.807) is 12.4 Å². The molecule has 30 heavy (non-hydrogen) atoms. The Morgan fingerprint density at radius 1 is 1.03 bits per heavy atom. The summed E-state index contributed by atoms with van der Waals surface area (Å²) in [5, 5.41) is 13.5. The van der Waals surface area contributed by atoms with Crippen LogP contribution >= 0.6 is 0 Å². The zero-order valence-electron chi connectivity index (χ0n) is 16.6. The Kier molecular flexibility index (Phi) is 5.81. The molecule has 2 aromatic carbocycles. The SMILES string of the molecule is CCC(C#N)Oc1cccc(CNc2nc(-c3ccncc3)nc3ccccc23)c1. The smallest absolute Gasteiger partial charge is 0.184 e. The highest BCUT2D eigenvalue weighted by atomic mass is 16.5. The van der Waals surface area contributed by atoms with Crippen molar-refractivity contribution in [2.45, 2.75) is 26.0 Å². The Morgan fingerprint density at radius 2 is 1.87 bits per heavy atom. The van der Waals surface area contributed by atoms with E-state index in [0.29, 0.717) is 24.5 Å². The summed E-state index contributed by atoms with van der Waals surface area (Å²) in [6.45, 7) is 2.50. The number of ether oxygens (including phenoxy) is 1. The number of nitriles is 1. The van der Waals surface area contributed by atoms with E-state index >= 15 is 0 Å². The van der Waals surface area contributed by atoms with Gasteiger partial charge in [0, 0.05) is 29.9 Å². The molecule has 0 aliphatic heterocycles. The number of fused-ring (bicyclic) bond motifs is 1. The quantitative estimate of drug-likeness (QED) is 0.475. The van der Waals surface area contributed by atoms with Crippen molar-refractivity contribution in [3.05, 3.63) is 78.6 Å². The highest BCUT2D eigenvalue weighted by molar-refractivity contribution is 5.90. The molecule has 6 nitrogen and oxygen atoms in total. The number of nitrogens with zero attached hydrogens (tertiary/aromatic N) is 4. The van der Waals surface area contributed by atoms with Gasteiger partial charge in [0.2, 0.25) is 0 Å². The molecular formula is C24H21N5O. The molecular weight excluding hydrogens is 374 g/mol. The predicted molar refractivity (Wildman–Crippen MR) is 117 cm³/mol. The second-order valence-electron chi connectivity index (χ2n) is 6.79. The maximum atomic E-state index is 9.12. The van der Waals surface area contributed by atoms with E-state index < -0.39 is 6.10 Å². The number of benzene rings is 2. The first-order valence-corrected chi connectivity index (χ1v) is 9.83. The van der Waals surface area contributed by atoms with E-state index in [9.17, 15) is 0 Å². The minimum absolute atomic E-state index is 0.443. The highest BCUT2D eigenvalue weighted by Gasteiger charge is 2.10. The van der Waals surface area contributed by atoms with Crippen molar-refractivity contribution in [3.8, 4) is 23.2 Å². The molecule has 1 unspecified atom stereocenters. The predicted octanol–water partition coefficient (Wildman–Crippen LogP) is 4.98. The lowest BCUT2D eigenvalue weighted by molar-refractivity contribution is 0.251. The lowest BCUT2D eigenvalue weighted by atomic mass is 10.2. The summed E-state index contributed by atoms with van der Waals surface area (Å²) in [6, 6.07) is 21.6. The fourth-order valence-electron chi connectivity index (χ4n) is 3.12. The van der Waals surface area contributed by atoms with E-state index in [1.165, 1.54) is 0 Å². The van der Waals surface area contributed by atoms with Crippen LogP contribution in [0.4, 0.5) is 5.82 Å². The highest BCUT2D eigenvalue weighted by Crippen LogP contribution is 2.25. The Bertz CT molecular complexity index is 1190. The number of anilines is 1. The molecule has 0 spiro atoms. The van der Waals surface area contributed by atoms with Gasteiger partial charge in [-0.2, -0.15) is 5.26 Å². The molecule has 0 fully saturated rings. The molecule has 0 saturated heterocycles. The number of aromatic nitrogens is 3. The van der Waals surface area contributed by atoms with Crippen molar-refractivity contribution in [1.82, 2.24) is 15.0 Å². The minimum atomic E-state index is -0.443. The molecule has 1 N–H and O–H groups in total. The van der Waals surface area contributed by atoms with Crippen LogP contribution in [0.5, 0.6) is 5.75 Å². The molecule has 2 heterocycles. The van der Waals surface area contributed by atoms with Gasteiger partial charge in [0.25, 0.3) is 0 Å². The molecule has 2 aromatic heterocycles. The van der Waals surface area contributed by atoms with Crippen LogP contribution in [0.1, 0.15) is 18.9 Å². The van der Waals surface area contributed by atoms with Crippen LogP contribution in [0, 0.1) is 11.3 Å². The van der Waals surface area contributed by atoms with Crippen molar-refractivity contribution in [2.24, 2.45) is 0 Å². The molecule has 0 bridgehead atoms. The second kappa shape index (κ2) is 9.01. The van der Waals surface area contributed by atoms with E-state index in [0.717, 1.165) is 27.8 Å². The maximum Gasteiger partial charge on any atom is 0.184 e. The summed E-state index contributed by atoms with van der Waals surface area (Å²) in [7, 11) is 0. The average Bonchev–Trinajstić information content (AvgIpc) is 2.81. The first-order valence-electron chi connectivity index (χ1n) is 9.83. The van der Waals surface area contributed by atoms with Gasteiger partial charge in [-0.3, -0.25) is 4.98 Å². The number of para-hydroxylation sites is 1. The molecule has 4 rings (SSSR count). The van der Waals surface area contributed by atoms with Crippen molar-refractivity contribution in [1.29, 1.82) is 5.26 Å². The zero-order chi connectivity index (χ0) is 20.8. The lowest BCUT2D eigenvalue weighted by Gasteiger charge is -2.13. The summed E-state index contributed by atoms with van der Waals surface area (Å²) in [4.78, 5) is 13.5. The summed E-state index contributed by atoms with van der Waals surface area (Å²) < 4.78 is 5.73. The number of nitrogens with one attached hydrogen (secondary N) is 1. The van der Waals surface area contributed by atoms with Crippen LogP contribution < -0.4 is 10.1 Å². The van der Waals surface area contributed by atoms with Gasteiger partial charge in [-0.25, -0.2) is 9.97 Å². The third-order valence-electron chi connectivity index (χ3n) is 4.69. The number of pyridine rings is 1. The third kappa shape index (κ3) is 4.36. The van der Waals surface area contributed by atoms with E-state index in [2.05, 4.69) is 16.4 Å². The van der Waals surface area contributed by atoms with Crippen molar-refractivity contribution in [3.63, 3.8) is 0 Å². The molecule has 148 valence electrons. The molecule has 0 radical (unpaired) electrons. The van der Waals surface area contributed by atoms with Crippen LogP contribution in [0.15, 0.2) is 73.1 Å². The Labute approximate surface area is 175 Å². The Hall–Kier alpha value is -3.98. The maximum absolute atomic E-state index is 9.12. The van der Waals surface area contributed by atoms with Crippen LogP contribution in [0.3, 0.4) is 0 Å². The standard InChI is InChI=1S/C24H21N5O/c1-2-19(15-25)30-20-7-5-6-17(14-20)16-27-24-21-8-3-4-9-22(21)28-23(29-24)18-10-12-26-13-11-18/h3-14,19H,2,16H2,1H3,(H,27,28,29). The van der Waals surface area contributed by atoms with Gasteiger partial charge in [-0.05, 0) is 48.4 Å². The van der Waals surface area contributed by atoms with E-state index in [4.69, 9.17) is 20.0 Å². The second-order valence-corrected chi connectivity index (χ2v) is 6.79. The first kappa shape index (κ1) is 19.3. The molecule has 4 aromatic rings. The van der Waals surface area contributed by atoms with Crippen LogP contribution in [-0.4, -0.2) is 21.1 Å². The molecule has 1 atom stereocenters. The van der Waals surface area contributed by atoms with Crippen LogP contribution in [0.2, 0.25) is 0 Å². The molecule has 0 aliphatic rings. The normalized spacial score (nSPS) is 11.6. The molecule has 0 aliphatic carbocycles. The fraction of sp³-hybridized carbons (Fsp3) is 0.167. The lowest BCUT2D eigenvalue weighted by Crippen LogP contribution is -2.12. The summed E-state index contributed by atoms with van der Waals surface area (Å²) in [6.07, 6.45) is 3.67. The Balaban J connectivity index is 1.61. The van der Waals surface area contributed by atoms with Crippen LogP contribution in [0.25, 0.3) is 22.3 Å². The largest absolute Gasteiger partial charge is 0.476 e. The fourth-order valence-corrected chi connectivity index (χ4v) is 3.12. The van der Waals surface area contributed by atoms with E-state index in [-0.39, 0.29) is 0 Å². The molecule has 0 saturated carbocycles. The zero-order valence-corrected chi connectivity index (χ0v) is 16.6. The van der Waals surface area contributed by atoms with Gasteiger partial charge in [0.15, 0.2) is 11.9 Å². The van der Waals surface area contributed by atoms with Gasteiger partial charge in [0.05, 0.1) is 5.52 Å². The number of hydrogen-bond acceptors (Lipinski definition) is 6.